The number of hydrogen-bond donors (Lipinski definition) is 0. The van der Waals surface area contributed by atoms with Gasteiger partial charge in [0.25, 0.3) is 5.91 Å². The molecule has 6 atom stereocenters. The van der Waals surface area contributed by atoms with Gasteiger partial charge in [0.2, 0.25) is 0 Å². The van der Waals surface area contributed by atoms with Crippen LogP contribution in [0.5, 0.6) is 0 Å². The Morgan fingerprint density at radius 3 is 2.76 bits per heavy atom. The van der Waals surface area contributed by atoms with E-state index in [1.54, 1.807) is 39.0 Å². The van der Waals surface area contributed by atoms with Crippen molar-refractivity contribution in [3.05, 3.63) is 34.9 Å². The average Bonchev–Trinajstić information content (AvgIpc) is 3.21. The normalized spacial score (nSPS) is 39.3. The Kier molecular flexibility index (Phi) is 3.44. The van der Waals surface area contributed by atoms with Gasteiger partial charge in [-0.1, -0.05) is 17.7 Å². The van der Waals surface area contributed by atoms with Gasteiger partial charge in [0.1, 0.15) is 11.4 Å². The first kappa shape index (κ1) is 18.3. The molecular weight excluding hydrogens is 372 g/mol. The Morgan fingerprint density at radius 1 is 1.38 bits per heavy atom. The zero-order valence-corrected chi connectivity index (χ0v) is 16.8. The summed E-state index contributed by atoms with van der Waals surface area (Å²) in [6, 6.07) is 2.23. The summed E-state index contributed by atoms with van der Waals surface area (Å²) >= 11 is 0. The van der Waals surface area contributed by atoms with Gasteiger partial charge >= 0.3 is 6.09 Å². The molecule has 0 N–H and O–H groups in total. The molecule has 2 fully saturated rings. The predicted octanol–water partition coefficient (Wildman–Crippen LogP) is 2.65. The van der Waals surface area contributed by atoms with E-state index in [0.29, 0.717) is 17.6 Å². The van der Waals surface area contributed by atoms with Crippen LogP contribution < -0.4 is 0 Å². The zero-order chi connectivity index (χ0) is 20.9. The van der Waals surface area contributed by atoms with Crippen LogP contribution in [0.25, 0.3) is 0 Å². The molecule has 0 aromatic carbocycles. The van der Waals surface area contributed by atoms with Crippen LogP contribution in [0.2, 0.25) is 0 Å². The Morgan fingerprint density at radius 2 is 2.10 bits per heavy atom. The minimum absolute atomic E-state index is 0.0321. The van der Waals surface area contributed by atoms with Gasteiger partial charge in [-0.25, -0.2) is 9.69 Å². The first-order valence-electron chi connectivity index (χ1n) is 9.89. The molecule has 5 aliphatic rings. The van der Waals surface area contributed by atoms with Crippen molar-refractivity contribution in [2.24, 2.45) is 23.7 Å². The molecule has 4 bridgehead atoms. The Bertz CT molecular complexity index is 1010. The molecule has 3 heterocycles. The van der Waals surface area contributed by atoms with E-state index in [1.165, 1.54) is 0 Å². The summed E-state index contributed by atoms with van der Waals surface area (Å²) in [5.74, 6) is -2.46. The minimum atomic E-state index is -1.28. The lowest BCUT2D eigenvalue weighted by Gasteiger charge is -2.35. The maximum atomic E-state index is 13.4. The standard InChI is InChI=1S/C22H22N2O5/c1-10-7-11-8-12-17-16(15(18(11)25)13(10)9-23)14-5-6-22(17,28-14)24(19(12)26)20(27)29-21(2,3)4/h5-6,8,11,14-17H,7H2,1-4H3/t11-,14-,15+,16+,17-,22+/m0/s1. The SMILES string of the molecule is CC1=C(C#N)[C@H]2C(=O)[C@H](C=C3C(=O)N(C(=O)OC(C)(C)C)[C@]45C=C[C@H](O4)[C@H]2[C@H]35)C1. The fraction of sp³-hybridized carbons (Fsp3) is 0.545. The molecule has 3 aliphatic heterocycles. The van der Waals surface area contributed by atoms with Crippen LogP contribution in [0.15, 0.2) is 34.9 Å². The fourth-order valence-electron chi connectivity index (χ4n) is 5.67. The van der Waals surface area contributed by atoms with Crippen molar-refractivity contribution in [3.63, 3.8) is 0 Å². The third-order valence-electron chi connectivity index (χ3n) is 6.63. The van der Waals surface area contributed by atoms with Gasteiger partial charge in [0, 0.05) is 28.9 Å². The summed E-state index contributed by atoms with van der Waals surface area (Å²) in [6.45, 7) is 7.09. The van der Waals surface area contributed by atoms with E-state index in [9.17, 15) is 19.6 Å². The summed E-state index contributed by atoms with van der Waals surface area (Å²) in [5, 5.41) is 9.75. The largest absolute Gasteiger partial charge is 0.443 e. The van der Waals surface area contributed by atoms with Crippen LogP contribution in [0.3, 0.4) is 0 Å². The van der Waals surface area contributed by atoms with Gasteiger partial charge in [-0.2, -0.15) is 5.26 Å². The fourth-order valence-corrected chi connectivity index (χ4v) is 5.67. The molecule has 2 saturated heterocycles. The average molecular weight is 394 g/mol. The number of amides is 2. The molecule has 1 spiro atoms. The lowest BCUT2D eigenvalue weighted by Crippen LogP contribution is -2.52. The maximum Gasteiger partial charge on any atom is 0.420 e. The van der Waals surface area contributed by atoms with E-state index in [0.717, 1.165) is 10.5 Å². The monoisotopic (exact) mass is 394 g/mol. The molecule has 0 aromatic rings. The van der Waals surface area contributed by atoms with Gasteiger partial charge < -0.3 is 9.47 Å². The molecule has 5 rings (SSSR count). The van der Waals surface area contributed by atoms with E-state index in [4.69, 9.17) is 9.47 Å². The molecule has 0 unspecified atom stereocenters. The molecule has 0 saturated carbocycles. The molecule has 2 amide bonds. The molecule has 2 aliphatic carbocycles. The molecule has 29 heavy (non-hydrogen) atoms. The number of rotatable bonds is 0. The number of fused-ring (bicyclic) bond motifs is 5. The number of Topliss-reactive ketones (excluding diaryl/α,β-unsaturated/α-hetero) is 1. The maximum absolute atomic E-state index is 13.4. The first-order chi connectivity index (χ1) is 13.6. The van der Waals surface area contributed by atoms with E-state index in [-0.39, 0.29) is 11.7 Å². The third-order valence-corrected chi connectivity index (χ3v) is 6.63. The van der Waals surface area contributed by atoms with E-state index < -0.39 is 47.2 Å². The van der Waals surface area contributed by atoms with Crippen LogP contribution in [-0.4, -0.2) is 40.1 Å². The van der Waals surface area contributed by atoms with Gasteiger partial charge in [-0.15, -0.1) is 0 Å². The summed E-state index contributed by atoms with van der Waals surface area (Å²) in [5.41, 5.74) is -0.259. The Hall–Kier alpha value is -2.72. The van der Waals surface area contributed by atoms with Crippen molar-refractivity contribution >= 4 is 17.8 Å². The highest BCUT2D eigenvalue weighted by Gasteiger charge is 2.72. The van der Waals surface area contributed by atoms with Gasteiger partial charge in [0.05, 0.1) is 18.1 Å². The van der Waals surface area contributed by atoms with Crippen molar-refractivity contribution in [2.75, 3.05) is 0 Å². The Balaban J connectivity index is 1.67. The van der Waals surface area contributed by atoms with Crippen molar-refractivity contribution in [1.29, 1.82) is 5.26 Å². The van der Waals surface area contributed by atoms with Crippen molar-refractivity contribution < 1.29 is 23.9 Å². The third kappa shape index (κ3) is 2.18. The minimum Gasteiger partial charge on any atom is -0.443 e. The second-order valence-corrected chi connectivity index (χ2v) is 9.49. The summed E-state index contributed by atoms with van der Waals surface area (Å²) in [7, 11) is 0. The van der Waals surface area contributed by atoms with Crippen molar-refractivity contribution in [1.82, 2.24) is 4.90 Å². The summed E-state index contributed by atoms with van der Waals surface area (Å²) in [6.07, 6.45) is 4.48. The molecule has 7 nitrogen and oxygen atoms in total. The number of likely N-dealkylation sites (tertiary alicyclic amines) is 1. The lowest BCUT2D eigenvalue weighted by molar-refractivity contribution is -0.140. The molecule has 0 radical (unpaired) electrons. The number of hydrogen-bond acceptors (Lipinski definition) is 6. The number of nitrogens with zero attached hydrogens (tertiary/aromatic N) is 2. The van der Waals surface area contributed by atoms with Crippen LogP contribution in [0.4, 0.5) is 4.79 Å². The number of allylic oxidation sites excluding steroid dienone is 3. The molecule has 150 valence electrons. The van der Waals surface area contributed by atoms with Gasteiger partial charge in [-0.3, -0.25) is 9.59 Å². The number of carbonyl (C=O) groups is 3. The van der Waals surface area contributed by atoms with Crippen LogP contribution in [0.1, 0.15) is 34.1 Å². The smallest absolute Gasteiger partial charge is 0.420 e. The van der Waals surface area contributed by atoms with Gasteiger partial charge in [0.15, 0.2) is 5.72 Å². The van der Waals surface area contributed by atoms with Crippen molar-refractivity contribution in [2.45, 2.75) is 51.5 Å². The Labute approximate surface area is 168 Å². The molecule has 0 aromatic heterocycles. The van der Waals surface area contributed by atoms with Crippen LogP contribution >= 0.6 is 0 Å². The number of ketones is 1. The number of imide groups is 1. The number of ether oxygens (including phenoxy) is 2. The predicted molar refractivity (Wildman–Crippen MR) is 99.8 cm³/mol. The summed E-state index contributed by atoms with van der Waals surface area (Å²) < 4.78 is 11.7. The molecular formula is C22H22N2O5. The second-order valence-electron chi connectivity index (χ2n) is 9.49. The van der Waals surface area contributed by atoms with Gasteiger partial charge in [-0.05, 0) is 40.2 Å². The van der Waals surface area contributed by atoms with Crippen LogP contribution in [0, 0.1) is 35.0 Å². The highest BCUT2D eigenvalue weighted by atomic mass is 16.6. The second kappa shape index (κ2) is 5.45. The molecule has 7 heteroatoms. The van der Waals surface area contributed by atoms with E-state index in [2.05, 4.69) is 6.07 Å². The summed E-state index contributed by atoms with van der Waals surface area (Å²) in [4.78, 5) is 40.6. The topological polar surface area (TPSA) is 96.7 Å². The number of carbonyl (C=O) groups excluding carboxylic acids is 3. The van der Waals surface area contributed by atoms with E-state index in [1.807, 2.05) is 6.92 Å². The van der Waals surface area contributed by atoms with Crippen molar-refractivity contribution in [3.8, 4) is 6.07 Å². The number of nitriles is 1. The quantitative estimate of drug-likeness (QED) is 0.586. The van der Waals surface area contributed by atoms with E-state index >= 15 is 0 Å². The first-order valence-corrected chi connectivity index (χ1v) is 9.89. The zero-order valence-electron chi connectivity index (χ0n) is 16.8. The van der Waals surface area contributed by atoms with Crippen LogP contribution in [-0.2, 0) is 19.1 Å². The lowest BCUT2D eigenvalue weighted by atomic mass is 9.66. The highest BCUT2D eigenvalue weighted by molar-refractivity contribution is 6.08. The highest BCUT2D eigenvalue weighted by Crippen LogP contribution is 2.62.